The van der Waals surface area contributed by atoms with Crippen LogP contribution >= 0.6 is 12.2 Å². The molecule has 122 valence electrons. The maximum absolute atomic E-state index is 11.8. The summed E-state index contributed by atoms with van der Waals surface area (Å²) in [4.78, 5) is 11.8. The van der Waals surface area contributed by atoms with Gasteiger partial charge in [0.05, 0.1) is 18.7 Å². The Balaban J connectivity index is 1.78. The minimum absolute atomic E-state index is 0.156. The lowest BCUT2D eigenvalue weighted by molar-refractivity contribution is -0.121. The van der Waals surface area contributed by atoms with Crippen molar-refractivity contribution < 1.29 is 14.3 Å². The molecule has 6 nitrogen and oxygen atoms in total. The van der Waals surface area contributed by atoms with Gasteiger partial charge in [0.15, 0.2) is 11.7 Å². The van der Waals surface area contributed by atoms with E-state index in [1.165, 1.54) is 0 Å². The van der Waals surface area contributed by atoms with Crippen LogP contribution in [0.15, 0.2) is 48.5 Å². The number of hydrogen-bond acceptors (Lipinski definition) is 5. The fraction of sp³-hybridized carbons (Fsp3) is 0.118. The monoisotopic (exact) mass is 341 g/mol. The second kappa shape index (κ2) is 8.50. The lowest BCUT2D eigenvalue weighted by Crippen LogP contribution is -2.37. The van der Waals surface area contributed by atoms with Crippen molar-refractivity contribution in [1.29, 1.82) is 5.26 Å². The van der Waals surface area contributed by atoms with E-state index >= 15 is 0 Å². The number of methoxy groups -OCH3 is 1. The summed E-state index contributed by atoms with van der Waals surface area (Å²) in [5.74, 6) is 0.883. The van der Waals surface area contributed by atoms with Gasteiger partial charge in [-0.2, -0.15) is 5.26 Å². The molecule has 0 fully saturated rings. The number of thiocarbonyl (C=S) groups is 1. The van der Waals surface area contributed by atoms with Gasteiger partial charge < -0.3 is 14.8 Å². The van der Waals surface area contributed by atoms with Crippen molar-refractivity contribution >= 4 is 28.9 Å². The van der Waals surface area contributed by atoms with Crippen LogP contribution in [0, 0.1) is 11.3 Å². The zero-order valence-corrected chi connectivity index (χ0v) is 13.7. The lowest BCUT2D eigenvalue weighted by atomic mass is 10.2. The summed E-state index contributed by atoms with van der Waals surface area (Å²) in [6.07, 6.45) is 0. The Kier molecular flexibility index (Phi) is 6.11. The summed E-state index contributed by atoms with van der Waals surface area (Å²) in [7, 11) is 1.57. The molecule has 0 radical (unpaired) electrons. The fourth-order valence-electron chi connectivity index (χ4n) is 1.77. The Labute approximate surface area is 145 Å². The van der Waals surface area contributed by atoms with Gasteiger partial charge in [0.25, 0.3) is 5.91 Å². The molecule has 1 amide bonds. The zero-order valence-electron chi connectivity index (χ0n) is 12.9. The van der Waals surface area contributed by atoms with E-state index in [1.807, 2.05) is 6.07 Å². The van der Waals surface area contributed by atoms with Gasteiger partial charge in [0, 0.05) is 5.69 Å². The Morgan fingerprint density at radius 3 is 2.33 bits per heavy atom. The van der Waals surface area contributed by atoms with Crippen LogP contribution in [0.25, 0.3) is 0 Å². The van der Waals surface area contributed by atoms with E-state index in [0.29, 0.717) is 22.7 Å². The van der Waals surface area contributed by atoms with Crippen LogP contribution in [-0.4, -0.2) is 24.7 Å². The highest BCUT2D eigenvalue weighted by molar-refractivity contribution is 7.80. The van der Waals surface area contributed by atoms with Gasteiger partial charge >= 0.3 is 0 Å². The summed E-state index contributed by atoms with van der Waals surface area (Å²) < 4.78 is 10.4. The predicted molar refractivity (Wildman–Crippen MR) is 94.0 cm³/mol. The number of hydrogen-bond donors (Lipinski definition) is 2. The number of rotatable bonds is 5. The molecule has 0 aliphatic heterocycles. The minimum Gasteiger partial charge on any atom is -0.497 e. The quantitative estimate of drug-likeness (QED) is 0.813. The van der Waals surface area contributed by atoms with Crippen molar-refractivity contribution in [3.05, 3.63) is 54.1 Å². The standard InChI is InChI=1S/C17H15N3O3S/c1-22-14-6-8-15(9-7-14)23-11-16(21)20-17(24)19-13-4-2-12(10-18)3-5-13/h2-9H,11H2,1H3,(H2,19,20,21,24). The van der Waals surface area contributed by atoms with Crippen LogP contribution in [0.2, 0.25) is 0 Å². The highest BCUT2D eigenvalue weighted by Crippen LogP contribution is 2.16. The summed E-state index contributed by atoms with van der Waals surface area (Å²) in [6.45, 7) is -0.165. The average molecular weight is 341 g/mol. The maximum atomic E-state index is 11.8. The summed E-state index contributed by atoms with van der Waals surface area (Å²) in [5, 5.41) is 14.3. The molecule has 2 N–H and O–H groups in total. The van der Waals surface area contributed by atoms with Crippen molar-refractivity contribution in [3.63, 3.8) is 0 Å². The normalized spacial score (nSPS) is 9.50. The van der Waals surface area contributed by atoms with E-state index in [0.717, 1.165) is 0 Å². The van der Waals surface area contributed by atoms with Gasteiger partial charge in [0.1, 0.15) is 11.5 Å². The first kappa shape index (κ1) is 17.2. The van der Waals surface area contributed by atoms with Crippen LogP contribution in [0.1, 0.15) is 5.56 Å². The number of amides is 1. The van der Waals surface area contributed by atoms with E-state index in [9.17, 15) is 4.79 Å². The SMILES string of the molecule is COc1ccc(OCC(=O)NC(=S)Nc2ccc(C#N)cc2)cc1. The van der Waals surface area contributed by atoms with Crippen LogP contribution in [0.5, 0.6) is 11.5 Å². The third-order valence-corrected chi connectivity index (χ3v) is 3.16. The molecular weight excluding hydrogens is 326 g/mol. The molecule has 2 rings (SSSR count). The van der Waals surface area contributed by atoms with E-state index in [1.54, 1.807) is 55.6 Å². The van der Waals surface area contributed by atoms with E-state index < -0.39 is 0 Å². The van der Waals surface area contributed by atoms with Gasteiger partial charge in [-0.3, -0.25) is 10.1 Å². The number of carbonyl (C=O) groups excluding carboxylic acids is 1. The number of nitriles is 1. The number of benzene rings is 2. The van der Waals surface area contributed by atoms with Gasteiger partial charge in [-0.05, 0) is 60.7 Å². The Hall–Kier alpha value is -3.11. The van der Waals surface area contributed by atoms with Gasteiger partial charge in [-0.1, -0.05) is 0 Å². The Bertz CT molecular complexity index is 752. The summed E-state index contributed by atoms with van der Waals surface area (Å²) >= 11 is 5.06. The summed E-state index contributed by atoms with van der Waals surface area (Å²) in [6, 6.07) is 15.6. The number of ether oxygens (including phenoxy) is 2. The van der Waals surface area contributed by atoms with Crippen LogP contribution < -0.4 is 20.1 Å². The molecule has 0 heterocycles. The summed E-state index contributed by atoms with van der Waals surface area (Å²) in [5.41, 5.74) is 1.22. The number of nitrogens with one attached hydrogen (secondary N) is 2. The van der Waals surface area contributed by atoms with Crippen LogP contribution in [-0.2, 0) is 4.79 Å². The van der Waals surface area contributed by atoms with Crippen molar-refractivity contribution in [2.75, 3.05) is 19.0 Å². The van der Waals surface area contributed by atoms with E-state index in [2.05, 4.69) is 10.6 Å². The van der Waals surface area contributed by atoms with E-state index in [4.69, 9.17) is 27.0 Å². The van der Waals surface area contributed by atoms with Gasteiger partial charge in [0.2, 0.25) is 0 Å². The molecule has 7 heteroatoms. The molecule has 0 spiro atoms. The first-order chi connectivity index (χ1) is 11.6. The Morgan fingerprint density at radius 1 is 1.12 bits per heavy atom. The molecule has 0 saturated carbocycles. The van der Waals surface area contributed by atoms with Crippen LogP contribution in [0.3, 0.4) is 0 Å². The molecule has 0 atom stereocenters. The molecule has 0 unspecified atom stereocenters. The van der Waals surface area contributed by atoms with Gasteiger partial charge in [-0.25, -0.2) is 0 Å². The first-order valence-corrected chi connectivity index (χ1v) is 7.39. The largest absolute Gasteiger partial charge is 0.497 e. The highest BCUT2D eigenvalue weighted by atomic mass is 32.1. The molecule has 2 aromatic carbocycles. The minimum atomic E-state index is -0.378. The third-order valence-electron chi connectivity index (χ3n) is 2.95. The van der Waals surface area contributed by atoms with Crippen molar-refractivity contribution in [2.45, 2.75) is 0 Å². The number of anilines is 1. The lowest BCUT2D eigenvalue weighted by Gasteiger charge is -2.10. The molecule has 0 bridgehead atoms. The fourth-order valence-corrected chi connectivity index (χ4v) is 2.01. The van der Waals surface area contributed by atoms with Crippen molar-refractivity contribution in [2.24, 2.45) is 0 Å². The second-order valence-electron chi connectivity index (χ2n) is 4.66. The second-order valence-corrected chi connectivity index (χ2v) is 5.06. The third kappa shape index (κ3) is 5.26. The Morgan fingerprint density at radius 2 is 1.75 bits per heavy atom. The molecule has 2 aromatic rings. The molecule has 0 aliphatic carbocycles. The molecule has 24 heavy (non-hydrogen) atoms. The van der Waals surface area contributed by atoms with Crippen LogP contribution in [0.4, 0.5) is 5.69 Å². The average Bonchev–Trinajstić information content (AvgIpc) is 2.61. The molecular formula is C17H15N3O3S. The predicted octanol–water partition coefficient (Wildman–Crippen LogP) is 2.46. The molecule has 0 saturated heterocycles. The smallest absolute Gasteiger partial charge is 0.264 e. The number of nitrogens with zero attached hydrogens (tertiary/aromatic N) is 1. The maximum Gasteiger partial charge on any atom is 0.264 e. The zero-order chi connectivity index (χ0) is 17.4. The van der Waals surface area contributed by atoms with Crippen molar-refractivity contribution in [3.8, 4) is 17.6 Å². The topological polar surface area (TPSA) is 83.4 Å². The van der Waals surface area contributed by atoms with Crippen molar-refractivity contribution in [1.82, 2.24) is 5.32 Å². The van der Waals surface area contributed by atoms with E-state index in [-0.39, 0.29) is 17.6 Å². The highest BCUT2D eigenvalue weighted by Gasteiger charge is 2.06. The molecule has 0 aliphatic rings. The van der Waals surface area contributed by atoms with Gasteiger partial charge in [-0.15, -0.1) is 0 Å². The first-order valence-electron chi connectivity index (χ1n) is 6.98. The number of carbonyl (C=O) groups is 1. The molecule has 0 aromatic heterocycles.